The van der Waals surface area contributed by atoms with E-state index >= 15 is 0 Å². The van der Waals surface area contributed by atoms with E-state index in [1.807, 2.05) is 0 Å². The second kappa shape index (κ2) is 7.50. The zero-order valence-corrected chi connectivity index (χ0v) is 13.6. The maximum Gasteiger partial charge on any atom is 0.277 e. The molecule has 2 aromatic carbocycles. The van der Waals surface area contributed by atoms with E-state index in [9.17, 15) is 18.0 Å². The van der Waals surface area contributed by atoms with E-state index in [-0.39, 0.29) is 5.69 Å². The number of hydroxylamine groups is 1. The Morgan fingerprint density at radius 3 is 2.65 bits per heavy atom. The van der Waals surface area contributed by atoms with Crippen LogP contribution in [0.1, 0.15) is 28.8 Å². The Balaban J connectivity index is 1.92. The molecule has 4 nitrogen and oxygen atoms in total. The average molecular weight is 360 g/mol. The fraction of sp³-hybridized carbons (Fsp3) is 0.211. The second-order valence-corrected chi connectivity index (χ2v) is 5.91. The lowest BCUT2D eigenvalue weighted by Crippen LogP contribution is -2.26. The summed E-state index contributed by atoms with van der Waals surface area (Å²) in [6, 6.07) is 7.01. The molecule has 0 aliphatic heterocycles. The van der Waals surface area contributed by atoms with Crippen molar-refractivity contribution in [3.8, 4) is 12.3 Å². The quantitative estimate of drug-likeness (QED) is 0.467. The van der Waals surface area contributed by atoms with Crippen LogP contribution in [-0.2, 0) is 4.84 Å². The van der Waals surface area contributed by atoms with E-state index in [1.54, 1.807) is 18.2 Å². The minimum Gasteiger partial charge on any atom is -0.351 e. The van der Waals surface area contributed by atoms with Crippen molar-refractivity contribution < 1.29 is 22.8 Å². The van der Waals surface area contributed by atoms with Gasteiger partial charge in [-0.05, 0) is 37.0 Å². The molecular weight excluding hydrogens is 345 g/mol. The molecule has 0 unspecified atom stereocenters. The molecule has 1 amide bonds. The third-order valence-electron chi connectivity index (χ3n) is 3.93. The summed E-state index contributed by atoms with van der Waals surface area (Å²) in [5.41, 5.74) is 1.79. The Labute approximate surface area is 148 Å². The van der Waals surface area contributed by atoms with Gasteiger partial charge in [0.25, 0.3) is 5.91 Å². The molecule has 2 aromatic rings. The number of rotatable bonds is 6. The van der Waals surface area contributed by atoms with Gasteiger partial charge in [-0.25, -0.2) is 18.7 Å². The third kappa shape index (κ3) is 3.81. The number of nitrogens with one attached hydrogen (secondary N) is 2. The van der Waals surface area contributed by atoms with E-state index in [0.29, 0.717) is 24.2 Å². The molecular formula is C19H15F3N2O2. The highest BCUT2D eigenvalue weighted by Crippen LogP contribution is 2.30. The molecule has 134 valence electrons. The van der Waals surface area contributed by atoms with Crippen LogP contribution in [0.4, 0.5) is 24.5 Å². The number of amides is 1. The zero-order chi connectivity index (χ0) is 18.7. The van der Waals surface area contributed by atoms with Gasteiger partial charge in [0, 0.05) is 5.56 Å². The lowest BCUT2D eigenvalue weighted by Gasteiger charge is -2.15. The van der Waals surface area contributed by atoms with Gasteiger partial charge in [-0.2, -0.15) is 0 Å². The van der Waals surface area contributed by atoms with Gasteiger partial charge in [0.2, 0.25) is 0 Å². The van der Waals surface area contributed by atoms with Gasteiger partial charge in [0.15, 0.2) is 17.5 Å². The van der Waals surface area contributed by atoms with Gasteiger partial charge < -0.3 is 5.32 Å². The number of terminal acetylenes is 1. The first-order valence-electron chi connectivity index (χ1n) is 7.93. The van der Waals surface area contributed by atoms with Crippen LogP contribution in [0.25, 0.3) is 0 Å². The number of hydrogen-bond donors (Lipinski definition) is 2. The van der Waals surface area contributed by atoms with E-state index < -0.39 is 34.6 Å². The molecule has 3 rings (SSSR count). The van der Waals surface area contributed by atoms with Crippen LogP contribution in [0.15, 0.2) is 30.3 Å². The number of halogens is 3. The van der Waals surface area contributed by atoms with Crippen molar-refractivity contribution >= 4 is 17.3 Å². The minimum atomic E-state index is -1.69. The molecule has 0 saturated heterocycles. The second-order valence-electron chi connectivity index (χ2n) is 5.91. The van der Waals surface area contributed by atoms with Gasteiger partial charge in [0.05, 0.1) is 23.5 Å². The fourth-order valence-corrected chi connectivity index (χ4v) is 2.31. The average Bonchev–Trinajstić information content (AvgIpc) is 3.46. The van der Waals surface area contributed by atoms with Gasteiger partial charge >= 0.3 is 0 Å². The number of carbonyl (C=O) groups excluding carboxylic acids is 1. The Bertz CT molecular complexity index is 889. The Kier molecular flexibility index (Phi) is 5.14. The van der Waals surface area contributed by atoms with E-state index in [2.05, 4.69) is 16.7 Å². The Hall–Kier alpha value is -2.98. The first kappa shape index (κ1) is 17.8. The standard InChI is InChI=1S/C19H15F3N2O2/c1-2-12-5-3-4-6-15(12)23-18-13(9-14(20)16(21)17(18)22)19(25)24-26-10-11-7-8-11/h1,3-6,9,11,23H,7-8,10H2,(H,24,25). The highest BCUT2D eigenvalue weighted by Gasteiger charge is 2.25. The van der Waals surface area contributed by atoms with E-state index in [1.165, 1.54) is 6.07 Å². The molecule has 0 heterocycles. The van der Waals surface area contributed by atoms with Crippen molar-refractivity contribution in [3.63, 3.8) is 0 Å². The van der Waals surface area contributed by atoms with E-state index in [0.717, 1.165) is 12.8 Å². The molecule has 0 atom stereocenters. The fourth-order valence-electron chi connectivity index (χ4n) is 2.31. The highest BCUT2D eigenvalue weighted by atomic mass is 19.2. The number of carbonyl (C=O) groups is 1. The zero-order valence-electron chi connectivity index (χ0n) is 13.6. The summed E-state index contributed by atoms with van der Waals surface area (Å²) in [4.78, 5) is 17.3. The molecule has 7 heteroatoms. The summed E-state index contributed by atoms with van der Waals surface area (Å²) in [5.74, 6) is -2.84. The predicted molar refractivity (Wildman–Crippen MR) is 90.1 cm³/mol. The first-order chi connectivity index (χ1) is 12.5. The Morgan fingerprint density at radius 1 is 1.23 bits per heavy atom. The van der Waals surface area contributed by atoms with Crippen LogP contribution in [-0.4, -0.2) is 12.5 Å². The molecule has 1 fully saturated rings. The van der Waals surface area contributed by atoms with Gasteiger partial charge in [0.1, 0.15) is 0 Å². The van der Waals surface area contributed by atoms with Crippen molar-refractivity contribution in [1.29, 1.82) is 0 Å². The molecule has 0 spiro atoms. The van der Waals surface area contributed by atoms with Crippen molar-refractivity contribution in [3.05, 3.63) is 58.9 Å². The minimum absolute atomic E-state index is 0.271. The molecule has 1 saturated carbocycles. The van der Waals surface area contributed by atoms with Crippen molar-refractivity contribution in [2.24, 2.45) is 5.92 Å². The summed E-state index contributed by atoms with van der Waals surface area (Å²) in [6.07, 6.45) is 7.39. The Morgan fingerprint density at radius 2 is 1.96 bits per heavy atom. The summed E-state index contributed by atoms with van der Waals surface area (Å²) in [6.45, 7) is 0.306. The third-order valence-corrected chi connectivity index (χ3v) is 3.93. The summed E-state index contributed by atoms with van der Waals surface area (Å²) >= 11 is 0. The molecule has 1 aliphatic rings. The smallest absolute Gasteiger partial charge is 0.277 e. The van der Waals surface area contributed by atoms with Crippen molar-refractivity contribution in [1.82, 2.24) is 5.48 Å². The van der Waals surface area contributed by atoms with Crippen LogP contribution in [0.5, 0.6) is 0 Å². The van der Waals surface area contributed by atoms with Gasteiger partial charge in [-0.3, -0.25) is 9.63 Å². The monoisotopic (exact) mass is 360 g/mol. The molecule has 2 N–H and O–H groups in total. The van der Waals surface area contributed by atoms with Gasteiger partial charge in [-0.15, -0.1) is 6.42 Å². The number of hydrogen-bond acceptors (Lipinski definition) is 3. The molecule has 0 aromatic heterocycles. The van der Waals surface area contributed by atoms with Crippen LogP contribution in [0, 0.1) is 35.7 Å². The first-order valence-corrected chi connectivity index (χ1v) is 7.93. The van der Waals surface area contributed by atoms with Gasteiger partial charge in [-0.1, -0.05) is 18.1 Å². The maximum atomic E-state index is 14.3. The largest absolute Gasteiger partial charge is 0.351 e. The normalized spacial score (nSPS) is 13.2. The number of para-hydroxylation sites is 1. The van der Waals surface area contributed by atoms with E-state index in [4.69, 9.17) is 11.3 Å². The molecule has 26 heavy (non-hydrogen) atoms. The number of anilines is 2. The van der Waals surface area contributed by atoms with Crippen molar-refractivity contribution in [2.75, 3.05) is 11.9 Å². The van der Waals surface area contributed by atoms with Crippen LogP contribution >= 0.6 is 0 Å². The van der Waals surface area contributed by atoms with Crippen LogP contribution in [0.3, 0.4) is 0 Å². The molecule has 1 aliphatic carbocycles. The maximum absolute atomic E-state index is 14.3. The number of benzene rings is 2. The molecule has 0 bridgehead atoms. The topological polar surface area (TPSA) is 50.4 Å². The van der Waals surface area contributed by atoms with Crippen LogP contribution < -0.4 is 10.8 Å². The summed E-state index contributed by atoms with van der Waals surface area (Å²) < 4.78 is 41.6. The summed E-state index contributed by atoms with van der Waals surface area (Å²) in [5, 5.41) is 2.58. The molecule has 0 radical (unpaired) electrons. The highest BCUT2D eigenvalue weighted by molar-refractivity contribution is 6.00. The summed E-state index contributed by atoms with van der Waals surface area (Å²) in [7, 11) is 0. The lowest BCUT2D eigenvalue weighted by molar-refractivity contribution is 0.0270. The van der Waals surface area contributed by atoms with Crippen LogP contribution in [0.2, 0.25) is 0 Å². The van der Waals surface area contributed by atoms with Crippen molar-refractivity contribution in [2.45, 2.75) is 12.8 Å². The predicted octanol–water partition coefficient (Wildman–Crippen LogP) is 3.90. The lowest BCUT2D eigenvalue weighted by atomic mass is 10.1. The SMILES string of the molecule is C#Cc1ccccc1Nc1c(C(=O)NOCC2CC2)cc(F)c(F)c1F.